The number of carbonyl (C=O) groups is 1. The molecule has 0 bridgehead atoms. The molecule has 5 heteroatoms. The number of hydrogen-bond donors (Lipinski definition) is 1. The molecule has 2 heterocycles. The van der Waals surface area contributed by atoms with Gasteiger partial charge in [0, 0.05) is 6.42 Å². The molecule has 0 saturated heterocycles. The molecule has 0 atom stereocenters. The van der Waals surface area contributed by atoms with Gasteiger partial charge in [0.25, 0.3) is 0 Å². The van der Waals surface area contributed by atoms with Crippen LogP contribution in [0.3, 0.4) is 0 Å². The summed E-state index contributed by atoms with van der Waals surface area (Å²) in [6.45, 7) is 1.96. The van der Waals surface area contributed by atoms with Crippen LogP contribution in [0, 0.1) is 0 Å². The van der Waals surface area contributed by atoms with Crippen molar-refractivity contribution in [1.29, 1.82) is 0 Å². The van der Waals surface area contributed by atoms with E-state index >= 15 is 0 Å². The monoisotopic (exact) mass is 193 g/mol. The van der Waals surface area contributed by atoms with E-state index < -0.39 is 0 Å². The van der Waals surface area contributed by atoms with Gasteiger partial charge in [-0.15, -0.1) is 0 Å². The highest BCUT2D eigenvalue weighted by molar-refractivity contribution is 5.98. The second-order valence-electron chi connectivity index (χ2n) is 3.05. The predicted octanol–water partition coefficient (Wildman–Crippen LogP) is 0.542. The molecule has 0 fully saturated rings. The van der Waals surface area contributed by atoms with Crippen molar-refractivity contribution < 1.29 is 9.53 Å². The van der Waals surface area contributed by atoms with Crippen molar-refractivity contribution in [2.24, 2.45) is 0 Å². The van der Waals surface area contributed by atoms with E-state index in [0.717, 1.165) is 12.0 Å². The molecule has 1 aromatic rings. The number of nitrogens with zero attached hydrogens (tertiary/aromatic N) is 2. The lowest BCUT2D eigenvalue weighted by atomic mass is 10.2. The zero-order valence-corrected chi connectivity index (χ0v) is 8.13. The summed E-state index contributed by atoms with van der Waals surface area (Å²) in [7, 11) is 1.55. The number of rotatable bonds is 2. The number of fused-ring (bicyclic) bond motifs is 1. The first-order valence-electron chi connectivity index (χ1n) is 4.48. The van der Waals surface area contributed by atoms with Crippen molar-refractivity contribution in [3.63, 3.8) is 0 Å². The van der Waals surface area contributed by atoms with Crippen LogP contribution in [0.5, 0.6) is 5.88 Å². The minimum Gasteiger partial charge on any atom is -0.481 e. The maximum absolute atomic E-state index is 11.1. The van der Waals surface area contributed by atoms with Gasteiger partial charge in [-0.05, 0) is 0 Å². The Morgan fingerprint density at radius 1 is 1.50 bits per heavy atom. The summed E-state index contributed by atoms with van der Waals surface area (Å²) < 4.78 is 5.10. The lowest BCUT2D eigenvalue weighted by Gasteiger charge is -2.05. The molecule has 5 nitrogen and oxygen atoms in total. The molecule has 1 N–H and O–H groups in total. The Hall–Kier alpha value is -1.65. The molecule has 1 aliphatic heterocycles. The van der Waals surface area contributed by atoms with Gasteiger partial charge >= 0.3 is 0 Å². The second-order valence-corrected chi connectivity index (χ2v) is 3.05. The van der Waals surface area contributed by atoms with Gasteiger partial charge < -0.3 is 10.1 Å². The number of nitrogens with one attached hydrogen (secondary N) is 1. The zero-order chi connectivity index (χ0) is 10.1. The summed E-state index contributed by atoms with van der Waals surface area (Å²) >= 11 is 0. The van der Waals surface area contributed by atoms with E-state index in [9.17, 15) is 4.79 Å². The van der Waals surface area contributed by atoms with Crippen molar-refractivity contribution in [3.8, 4) is 5.88 Å². The van der Waals surface area contributed by atoms with Crippen molar-refractivity contribution in [1.82, 2.24) is 9.97 Å². The maximum atomic E-state index is 11.1. The molecular formula is C9H11N3O2. The van der Waals surface area contributed by atoms with Crippen molar-refractivity contribution in [2.45, 2.75) is 19.8 Å². The molecule has 1 aliphatic rings. The Morgan fingerprint density at radius 2 is 2.29 bits per heavy atom. The summed E-state index contributed by atoms with van der Waals surface area (Å²) in [4.78, 5) is 19.5. The molecule has 0 saturated carbocycles. The lowest BCUT2D eigenvalue weighted by Crippen LogP contribution is -2.05. The molecule has 0 aromatic carbocycles. The number of amides is 1. The standard InChI is InChI=1S/C9H11N3O2/c1-3-6-10-8-5(4-7(13)12-8)9(11-6)14-2/h3-4H2,1-2H3,(H,10,11,12,13). The number of hydrogen-bond acceptors (Lipinski definition) is 4. The molecule has 0 unspecified atom stereocenters. The van der Waals surface area contributed by atoms with Crippen molar-refractivity contribution >= 4 is 11.7 Å². The fourth-order valence-corrected chi connectivity index (χ4v) is 1.43. The zero-order valence-electron chi connectivity index (χ0n) is 8.13. The van der Waals surface area contributed by atoms with Gasteiger partial charge in [-0.25, -0.2) is 4.98 Å². The van der Waals surface area contributed by atoms with Gasteiger partial charge in [-0.1, -0.05) is 6.92 Å². The smallest absolute Gasteiger partial charge is 0.230 e. The molecule has 1 amide bonds. The van der Waals surface area contributed by atoms with E-state index in [2.05, 4.69) is 15.3 Å². The lowest BCUT2D eigenvalue weighted by molar-refractivity contribution is -0.115. The topological polar surface area (TPSA) is 64.1 Å². The fourth-order valence-electron chi connectivity index (χ4n) is 1.43. The van der Waals surface area contributed by atoms with Crippen molar-refractivity contribution in [3.05, 3.63) is 11.4 Å². The largest absolute Gasteiger partial charge is 0.481 e. The second kappa shape index (κ2) is 3.25. The predicted molar refractivity (Wildman–Crippen MR) is 50.3 cm³/mol. The van der Waals surface area contributed by atoms with E-state index in [1.54, 1.807) is 7.11 Å². The summed E-state index contributed by atoms with van der Waals surface area (Å²) in [6.07, 6.45) is 1.03. The highest BCUT2D eigenvalue weighted by Gasteiger charge is 2.24. The first-order chi connectivity index (χ1) is 6.74. The van der Waals surface area contributed by atoms with E-state index in [0.29, 0.717) is 23.9 Å². The van der Waals surface area contributed by atoms with Crippen LogP contribution in [0.25, 0.3) is 0 Å². The number of aryl methyl sites for hydroxylation is 1. The van der Waals surface area contributed by atoms with Crippen molar-refractivity contribution in [2.75, 3.05) is 12.4 Å². The van der Waals surface area contributed by atoms with E-state index in [1.807, 2.05) is 6.92 Å². The van der Waals surface area contributed by atoms with Crippen LogP contribution < -0.4 is 10.1 Å². The third kappa shape index (κ3) is 1.30. The molecule has 1 aromatic heterocycles. The third-order valence-corrected chi connectivity index (χ3v) is 2.12. The summed E-state index contributed by atoms with van der Waals surface area (Å²) in [6, 6.07) is 0. The average Bonchev–Trinajstić information content (AvgIpc) is 2.56. The Kier molecular flexibility index (Phi) is 2.07. The van der Waals surface area contributed by atoms with Gasteiger partial charge in [-0.3, -0.25) is 4.79 Å². The first kappa shape index (κ1) is 8.93. The number of aromatic nitrogens is 2. The third-order valence-electron chi connectivity index (χ3n) is 2.12. The van der Waals surface area contributed by atoms with Crippen LogP contribution in [-0.2, 0) is 17.6 Å². The number of carbonyl (C=O) groups excluding carboxylic acids is 1. The van der Waals surface area contributed by atoms with Crippen LogP contribution in [0.15, 0.2) is 0 Å². The molecule has 0 radical (unpaired) electrons. The quantitative estimate of drug-likeness (QED) is 0.744. The molecular weight excluding hydrogens is 182 g/mol. The molecule has 14 heavy (non-hydrogen) atoms. The minimum absolute atomic E-state index is 0.0548. The van der Waals surface area contributed by atoms with Crippen LogP contribution in [-0.4, -0.2) is 23.0 Å². The van der Waals surface area contributed by atoms with Crippen LogP contribution in [0.1, 0.15) is 18.3 Å². The average molecular weight is 193 g/mol. The number of anilines is 1. The van der Waals surface area contributed by atoms with Crippen LogP contribution in [0.4, 0.5) is 5.82 Å². The Morgan fingerprint density at radius 3 is 2.93 bits per heavy atom. The first-order valence-corrected chi connectivity index (χ1v) is 4.48. The van der Waals surface area contributed by atoms with Gasteiger partial charge in [0.1, 0.15) is 11.6 Å². The summed E-state index contributed by atoms with van der Waals surface area (Å²) in [5, 5.41) is 2.68. The van der Waals surface area contributed by atoms with Gasteiger partial charge in [-0.2, -0.15) is 4.98 Å². The fraction of sp³-hybridized carbons (Fsp3) is 0.444. The molecule has 2 rings (SSSR count). The highest BCUT2D eigenvalue weighted by atomic mass is 16.5. The number of ether oxygens (including phenoxy) is 1. The maximum Gasteiger partial charge on any atom is 0.230 e. The summed E-state index contributed by atoms with van der Waals surface area (Å²) in [5.41, 5.74) is 0.759. The van der Waals surface area contributed by atoms with E-state index in [1.165, 1.54) is 0 Å². The van der Waals surface area contributed by atoms with E-state index in [4.69, 9.17) is 4.74 Å². The van der Waals surface area contributed by atoms with Crippen LogP contribution in [0.2, 0.25) is 0 Å². The van der Waals surface area contributed by atoms with Crippen LogP contribution >= 0.6 is 0 Å². The Labute approximate surface area is 81.5 Å². The molecule has 74 valence electrons. The van der Waals surface area contributed by atoms with Gasteiger partial charge in [0.05, 0.1) is 19.1 Å². The van der Waals surface area contributed by atoms with Gasteiger partial charge in [0.15, 0.2) is 0 Å². The Balaban J connectivity index is 2.51. The SMILES string of the molecule is CCc1nc2c(c(OC)n1)CC(=O)N2. The van der Waals surface area contributed by atoms with Gasteiger partial charge in [0.2, 0.25) is 11.8 Å². The normalized spacial score (nSPS) is 13.7. The molecule has 0 aliphatic carbocycles. The number of methoxy groups -OCH3 is 1. The Bertz CT molecular complexity index is 390. The minimum atomic E-state index is -0.0548. The summed E-state index contributed by atoms with van der Waals surface area (Å²) in [5.74, 6) is 1.73. The highest BCUT2D eigenvalue weighted by Crippen LogP contribution is 2.28. The molecule has 0 spiro atoms. The van der Waals surface area contributed by atoms with E-state index in [-0.39, 0.29) is 5.91 Å².